The van der Waals surface area contributed by atoms with Crippen LogP contribution in [0, 0.1) is 0 Å². The Bertz CT molecular complexity index is 819. The minimum atomic E-state index is -1.24. The molecule has 3 N–H and O–H groups in total. The van der Waals surface area contributed by atoms with E-state index < -0.39 is 11.9 Å². The normalized spacial score (nSPS) is 10.6. The summed E-state index contributed by atoms with van der Waals surface area (Å²) in [6.45, 7) is 0. The molecule has 0 unspecified atom stereocenters. The first-order valence-electron chi connectivity index (χ1n) is 6.42. The lowest BCUT2D eigenvalue weighted by Crippen LogP contribution is -2.33. The molecule has 6 nitrogen and oxygen atoms in total. The number of carbonyl (C=O) groups is 2. The molecule has 0 aliphatic heterocycles. The number of amides is 1. The molecule has 0 aliphatic rings. The molecule has 2 aromatic rings. The second-order valence-electron chi connectivity index (χ2n) is 4.41. The molecule has 1 aromatic heterocycles. The third-order valence-electron chi connectivity index (χ3n) is 2.70. The molecule has 24 heavy (non-hydrogen) atoms. The average Bonchev–Trinajstić information content (AvgIpc) is 3.00. The van der Waals surface area contributed by atoms with Crippen molar-refractivity contribution in [2.75, 3.05) is 5.32 Å². The van der Waals surface area contributed by atoms with Gasteiger partial charge in [-0.2, -0.15) is 0 Å². The maximum atomic E-state index is 11.8. The van der Waals surface area contributed by atoms with Gasteiger partial charge in [0, 0.05) is 11.1 Å². The zero-order chi connectivity index (χ0) is 17.7. The monoisotopic (exact) mass is 384 g/mol. The van der Waals surface area contributed by atoms with Gasteiger partial charge in [-0.15, -0.1) is 0 Å². The van der Waals surface area contributed by atoms with Crippen molar-refractivity contribution in [3.05, 3.63) is 58.0 Å². The van der Waals surface area contributed by atoms with Crippen LogP contribution in [0.4, 0.5) is 5.69 Å². The number of carbonyl (C=O) groups excluding carboxylic acids is 1. The molecule has 0 spiro atoms. The Morgan fingerprint density at radius 2 is 2.04 bits per heavy atom. The van der Waals surface area contributed by atoms with Gasteiger partial charge in [-0.05, 0) is 42.6 Å². The number of aromatic carboxylic acids is 1. The van der Waals surface area contributed by atoms with Gasteiger partial charge in [0.15, 0.2) is 5.11 Å². The highest BCUT2D eigenvalue weighted by atomic mass is 35.5. The molecule has 0 saturated carbocycles. The fourth-order valence-electron chi connectivity index (χ4n) is 1.71. The van der Waals surface area contributed by atoms with E-state index in [1.54, 1.807) is 12.1 Å². The van der Waals surface area contributed by atoms with Crippen LogP contribution in [0.1, 0.15) is 16.1 Å². The van der Waals surface area contributed by atoms with Crippen molar-refractivity contribution in [1.29, 1.82) is 0 Å². The molecular formula is C15H10Cl2N2O4S. The van der Waals surface area contributed by atoms with E-state index in [1.807, 2.05) is 0 Å². The fourth-order valence-corrected chi connectivity index (χ4v) is 2.45. The van der Waals surface area contributed by atoms with Crippen molar-refractivity contribution in [2.45, 2.75) is 0 Å². The maximum absolute atomic E-state index is 11.8. The molecule has 1 aromatic carbocycles. The average molecular weight is 385 g/mol. The molecule has 9 heteroatoms. The highest BCUT2D eigenvalue weighted by molar-refractivity contribution is 7.80. The Balaban J connectivity index is 2.07. The minimum absolute atomic E-state index is 0.0360. The molecule has 0 radical (unpaired) electrons. The predicted molar refractivity (Wildman–Crippen MR) is 95.5 cm³/mol. The third-order valence-corrected chi connectivity index (χ3v) is 3.42. The zero-order valence-electron chi connectivity index (χ0n) is 11.9. The lowest BCUT2D eigenvalue weighted by Gasteiger charge is -2.13. The first-order valence-corrected chi connectivity index (χ1v) is 7.59. The van der Waals surface area contributed by atoms with E-state index in [-0.39, 0.29) is 26.4 Å². The molecular weight excluding hydrogens is 375 g/mol. The van der Waals surface area contributed by atoms with Gasteiger partial charge in [0.05, 0.1) is 22.5 Å². The Hall–Kier alpha value is -2.35. The van der Waals surface area contributed by atoms with Crippen LogP contribution in [0.25, 0.3) is 6.08 Å². The van der Waals surface area contributed by atoms with Crippen molar-refractivity contribution in [3.63, 3.8) is 0 Å². The summed E-state index contributed by atoms with van der Waals surface area (Å²) in [4.78, 5) is 23.0. The third kappa shape index (κ3) is 4.82. The topological polar surface area (TPSA) is 91.6 Å². The number of thiocarbonyl (C=S) groups is 1. The number of carboxylic acids is 1. The summed E-state index contributed by atoms with van der Waals surface area (Å²) in [5.74, 6) is -1.27. The lowest BCUT2D eigenvalue weighted by molar-refractivity contribution is -0.115. The summed E-state index contributed by atoms with van der Waals surface area (Å²) in [7, 11) is 0. The van der Waals surface area contributed by atoms with Crippen LogP contribution in [0.5, 0.6) is 0 Å². The van der Waals surface area contributed by atoms with Gasteiger partial charge in [0.1, 0.15) is 5.76 Å². The van der Waals surface area contributed by atoms with E-state index in [0.717, 1.165) is 0 Å². The number of benzene rings is 1. The minimum Gasteiger partial charge on any atom is -0.478 e. The van der Waals surface area contributed by atoms with E-state index in [4.69, 9.17) is 39.8 Å². The van der Waals surface area contributed by atoms with E-state index >= 15 is 0 Å². The number of hydrogen-bond acceptors (Lipinski definition) is 4. The number of halogens is 2. The number of nitrogens with one attached hydrogen (secondary N) is 2. The summed E-state index contributed by atoms with van der Waals surface area (Å²) in [6, 6.07) is 5.94. The Morgan fingerprint density at radius 1 is 1.29 bits per heavy atom. The van der Waals surface area contributed by atoms with Gasteiger partial charge in [-0.25, -0.2) is 4.79 Å². The number of hydrogen-bond donors (Lipinski definition) is 3. The van der Waals surface area contributed by atoms with Crippen molar-refractivity contribution in [1.82, 2.24) is 5.32 Å². The van der Waals surface area contributed by atoms with Crippen LogP contribution >= 0.6 is 35.4 Å². The second-order valence-corrected chi connectivity index (χ2v) is 5.66. The van der Waals surface area contributed by atoms with E-state index in [0.29, 0.717) is 5.76 Å². The number of anilines is 1. The SMILES string of the molecule is O=C(C=Cc1ccco1)NC(=S)Nc1c(Cl)cc(Cl)cc1C(=O)O. The summed E-state index contributed by atoms with van der Waals surface area (Å²) in [6.07, 6.45) is 4.14. The van der Waals surface area contributed by atoms with Gasteiger partial charge < -0.3 is 14.8 Å². The summed E-state index contributed by atoms with van der Waals surface area (Å²) < 4.78 is 5.04. The van der Waals surface area contributed by atoms with Crippen LogP contribution in [0.3, 0.4) is 0 Å². The first kappa shape index (κ1) is 18.0. The zero-order valence-corrected chi connectivity index (χ0v) is 14.2. The molecule has 0 fully saturated rings. The van der Waals surface area contributed by atoms with Gasteiger partial charge >= 0.3 is 5.97 Å². The number of furan rings is 1. The molecule has 0 saturated heterocycles. The van der Waals surface area contributed by atoms with Crippen molar-refractivity contribution < 1.29 is 19.1 Å². The molecule has 0 atom stereocenters. The predicted octanol–water partition coefficient (Wildman–Crippen LogP) is 3.81. The second kappa shape index (κ2) is 7.96. The van der Waals surface area contributed by atoms with Gasteiger partial charge in [0.25, 0.3) is 0 Å². The molecule has 0 aliphatic carbocycles. The lowest BCUT2D eigenvalue weighted by atomic mass is 10.2. The Kier molecular flexibility index (Phi) is 5.97. The van der Waals surface area contributed by atoms with Crippen LogP contribution in [-0.4, -0.2) is 22.1 Å². The summed E-state index contributed by atoms with van der Waals surface area (Å²) in [5, 5.41) is 14.2. The van der Waals surface area contributed by atoms with Crippen molar-refractivity contribution in [3.8, 4) is 0 Å². The fraction of sp³-hybridized carbons (Fsp3) is 0. The van der Waals surface area contributed by atoms with Crippen LogP contribution in [0.2, 0.25) is 10.0 Å². The highest BCUT2D eigenvalue weighted by Crippen LogP contribution is 2.30. The summed E-state index contributed by atoms with van der Waals surface area (Å²) >= 11 is 16.7. The Labute approximate surface area is 152 Å². The molecule has 0 bridgehead atoms. The van der Waals surface area contributed by atoms with E-state index in [9.17, 15) is 14.7 Å². The van der Waals surface area contributed by atoms with Gasteiger partial charge in [-0.3, -0.25) is 10.1 Å². The molecule has 2 rings (SSSR count). The first-order chi connectivity index (χ1) is 11.4. The van der Waals surface area contributed by atoms with Crippen molar-refractivity contribution >= 4 is 64.2 Å². The van der Waals surface area contributed by atoms with Crippen LogP contribution in [0.15, 0.2) is 41.0 Å². The molecule has 124 valence electrons. The van der Waals surface area contributed by atoms with E-state index in [1.165, 1.54) is 30.5 Å². The molecule has 1 amide bonds. The van der Waals surface area contributed by atoms with Gasteiger partial charge in [-0.1, -0.05) is 23.2 Å². The number of carboxylic acid groups (broad SMARTS) is 1. The van der Waals surface area contributed by atoms with Crippen LogP contribution < -0.4 is 10.6 Å². The van der Waals surface area contributed by atoms with E-state index in [2.05, 4.69) is 10.6 Å². The maximum Gasteiger partial charge on any atom is 0.337 e. The standard InChI is InChI=1S/C15H10Cl2N2O4S/c16-8-6-10(14(21)22)13(11(17)7-8)19-15(24)18-12(20)4-3-9-2-1-5-23-9/h1-7H,(H,21,22)(H2,18,19,20,24). The highest BCUT2D eigenvalue weighted by Gasteiger charge is 2.16. The molecule has 1 heterocycles. The van der Waals surface area contributed by atoms with Gasteiger partial charge in [0.2, 0.25) is 5.91 Å². The van der Waals surface area contributed by atoms with Crippen molar-refractivity contribution in [2.24, 2.45) is 0 Å². The van der Waals surface area contributed by atoms with Crippen LogP contribution in [-0.2, 0) is 4.79 Å². The Morgan fingerprint density at radius 3 is 2.67 bits per heavy atom. The number of rotatable bonds is 4. The smallest absolute Gasteiger partial charge is 0.337 e. The largest absolute Gasteiger partial charge is 0.478 e. The quantitative estimate of drug-likeness (QED) is 0.548. The summed E-state index contributed by atoms with van der Waals surface area (Å²) in [5.41, 5.74) is -0.135.